The Morgan fingerprint density at radius 1 is 1.19 bits per heavy atom. The number of benzene rings is 1. The number of nitrogens with two attached hydrogens (primary N) is 1. The van der Waals surface area contributed by atoms with Gasteiger partial charge in [0.15, 0.2) is 28.4 Å². The number of ether oxygens (including phenoxy) is 1. The quantitative estimate of drug-likeness (QED) is 0.242. The van der Waals surface area contributed by atoms with Crippen molar-refractivity contribution in [1.29, 1.82) is 0 Å². The maximum absolute atomic E-state index is 12.4. The zero-order valence-electron chi connectivity index (χ0n) is 16.5. The summed E-state index contributed by atoms with van der Waals surface area (Å²) in [6.45, 7) is -0.473. The van der Waals surface area contributed by atoms with Crippen molar-refractivity contribution < 1.29 is 24.5 Å². The maximum atomic E-state index is 12.4. The Labute approximate surface area is 184 Å². The minimum Gasteiger partial charge on any atom is -0.423 e. The molecule has 0 bridgehead atoms. The molecule has 1 aliphatic rings. The van der Waals surface area contributed by atoms with Crippen LogP contribution in [0.2, 0.25) is 0 Å². The van der Waals surface area contributed by atoms with E-state index in [0.717, 1.165) is 5.39 Å². The van der Waals surface area contributed by atoms with E-state index in [2.05, 4.69) is 15.0 Å². The van der Waals surface area contributed by atoms with Gasteiger partial charge in [0.25, 0.3) is 0 Å². The normalized spacial score (nSPS) is 23.3. The fourth-order valence-corrected chi connectivity index (χ4v) is 4.65. The molecule has 0 unspecified atom stereocenters. The lowest BCUT2D eigenvalue weighted by atomic mass is 10.1. The first kappa shape index (κ1) is 20.8. The molecular formula is C20H19N5O6S. The second-order valence-electron chi connectivity index (χ2n) is 7.31. The van der Waals surface area contributed by atoms with Crippen LogP contribution in [0, 0.1) is 0 Å². The topological polar surface area (TPSA) is 170 Å². The van der Waals surface area contributed by atoms with Gasteiger partial charge in [0, 0.05) is 16.7 Å². The average molecular weight is 457 g/mol. The van der Waals surface area contributed by atoms with Gasteiger partial charge in [0.05, 0.1) is 6.61 Å². The van der Waals surface area contributed by atoms with Crippen LogP contribution in [0.15, 0.2) is 51.0 Å². The van der Waals surface area contributed by atoms with Crippen molar-refractivity contribution in [2.45, 2.75) is 35.4 Å². The lowest BCUT2D eigenvalue weighted by Crippen LogP contribution is -2.33. The minimum absolute atomic E-state index is 0.132. The highest BCUT2D eigenvalue weighted by Gasteiger charge is 2.45. The molecule has 0 amide bonds. The Bertz CT molecular complexity index is 1360. The van der Waals surface area contributed by atoms with Crippen LogP contribution in [0.5, 0.6) is 0 Å². The summed E-state index contributed by atoms with van der Waals surface area (Å²) < 4.78 is 12.6. The molecule has 0 spiro atoms. The molecule has 12 heteroatoms. The highest BCUT2D eigenvalue weighted by Crippen LogP contribution is 2.37. The van der Waals surface area contributed by atoms with Crippen LogP contribution in [0.1, 0.15) is 11.8 Å². The minimum atomic E-state index is -1.34. The van der Waals surface area contributed by atoms with Crippen molar-refractivity contribution >= 4 is 39.7 Å². The molecule has 0 saturated carbocycles. The van der Waals surface area contributed by atoms with E-state index in [1.54, 1.807) is 18.2 Å². The SMILES string of the molecule is Nc1ncnc2c1nc(SCc1cc3ccccc3oc1=O)n2[C@@H]1O[C@H](CO)[C@@H](O)[C@H]1O. The molecule has 3 aromatic heterocycles. The van der Waals surface area contributed by atoms with Gasteiger partial charge in [-0.3, -0.25) is 4.57 Å². The number of rotatable bonds is 5. The molecule has 166 valence electrons. The van der Waals surface area contributed by atoms with Crippen molar-refractivity contribution in [2.75, 3.05) is 12.3 Å². The highest BCUT2D eigenvalue weighted by molar-refractivity contribution is 7.98. The molecule has 4 heterocycles. The molecule has 1 saturated heterocycles. The van der Waals surface area contributed by atoms with Crippen LogP contribution < -0.4 is 11.4 Å². The summed E-state index contributed by atoms with van der Waals surface area (Å²) in [5.74, 6) is 0.339. The van der Waals surface area contributed by atoms with Crippen molar-refractivity contribution in [3.63, 3.8) is 0 Å². The van der Waals surface area contributed by atoms with Gasteiger partial charge in [-0.1, -0.05) is 30.0 Å². The van der Waals surface area contributed by atoms with E-state index in [4.69, 9.17) is 14.9 Å². The third kappa shape index (κ3) is 3.42. The van der Waals surface area contributed by atoms with Gasteiger partial charge >= 0.3 is 5.63 Å². The molecule has 11 nitrogen and oxygen atoms in total. The van der Waals surface area contributed by atoms with Gasteiger partial charge in [0.2, 0.25) is 0 Å². The van der Waals surface area contributed by atoms with Crippen LogP contribution >= 0.6 is 11.8 Å². The van der Waals surface area contributed by atoms with Crippen LogP contribution in [0.3, 0.4) is 0 Å². The number of fused-ring (bicyclic) bond motifs is 2. The molecule has 4 aromatic rings. The van der Waals surface area contributed by atoms with Crippen LogP contribution in [0.25, 0.3) is 22.1 Å². The fourth-order valence-electron chi connectivity index (χ4n) is 3.68. The van der Waals surface area contributed by atoms with E-state index in [9.17, 15) is 20.1 Å². The number of imidazole rings is 1. The van der Waals surface area contributed by atoms with Crippen LogP contribution in [-0.4, -0.2) is 59.8 Å². The van der Waals surface area contributed by atoms with Crippen molar-refractivity contribution in [3.05, 3.63) is 52.6 Å². The molecule has 1 aromatic carbocycles. The summed E-state index contributed by atoms with van der Waals surface area (Å²) in [5.41, 5.74) is 6.98. The fraction of sp³-hybridized carbons (Fsp3) is 0.300. The van der Waals surface area contributed by atoms with Crippen LogP contribution in [-0.2, 0) is 10.5 Å². The van der Waals surface area contributed by atoms with Gasteiger partial charge in [-0.05, 0) is 12.1 Å². The summed E-state index contributed by atoms with van der Waals surface area (Å²) in [7, 11) is 0. The molecule has 32 heavy (non-hydrogen) atoms. The number of nitrogen functional groups attached to an aromatic ring is 1. The third-order valence-electron chi connectivity index (χ3n) is 5.31. The molecule has 0 aliphatic carbocycles. The standard InChI is InChI=1S/C20H19N5O6S/c21-16-13-17(23-8-22-16)25(18-15(28)14(27)12(6-26)30-18)20(24-13)32-7-10-5-9-3-1-2-4-11(9)31-19(10)29/h1-5,8,12,14-15,18,26-28H,6-7H2,(H2,21,22,23)/t12-,14-,15-,18-/m1/s1. The van der Waals surface area contributed by atoms with Crippen molar-refractivity contribution in [1.82, 2.24) is 19.5 Å². The molecular weight excluding hydrogens is 438 g/mol. The first-order valence-corrected chi connectivity index (χ1v) is 10.7. The first-order valence-electron chi connectivity index (χ1n) is 9.73. The Morgan fingerprint density at radius 3 is 2.78 bits per heavy atom. The van der Waals surface area contributed by atoms with Gasteiger partial charge < -0.3 is 30.2 Å². The Morgan fingerprint density at radius 2 is 2.00 bits per heavy atom. The van der Waals surface area contributed by atoms with E-state index >= 15 is 0 Å². The number of aromatic nitrogens is 4. The monoisotopic (exact) mass is 457 g/mol. The van der Waals surface area contributed by atoms with E-state index in [-0.39, 0.29) is 11.6 Å². The van der Waals surface area contributed by atoms with Gasteiger partial charge in [-0.2, -0.15) is 0 Å². The smallest absolute Gasteiger partial charge is 0.340 e. The largest absolute Gasteiger partial charge is 0.423 e. The molecule has 0 radical (unpaired) electrons. The summed E-state index contributed by atoms with van der Waals surface area (Å²) in [4.78, 5) is 25.1. The van der Waals surface area contributed by atoms with Crippen molar-refractivity contribution in [2.24, 2.45) is 0 Å². The lowest BCUT2D eigenvalue weighted by molar-refractivity contribution is -0.0548. The number of hydrogen-bond donors (Lipinski definition) is 4. The number of aliphatic hydroxyl groups excluding tert-OH is 3. The second kappa shape index (κ2) is 8.15. The van der Waals surface area contributed by atoms with E-state index in [0.29, 0.717) is 27.5 Å². The number of aliphatic hydroxyl groups is 3. The van der Waals surface area contributed by atoms with E-state index < -0.39 is 36.8 Å². The average Bonchev–Trinajstić information content (AvgIpc) is 3.30. The number of para-hydroxylation sites is 1. The predicted octanol–water partition coefficient (Wildman–Crippen LogP) is 0.419. The summed E-state index contributed by atoms with van der Waals surface area (Å²) in [5, 5.41) is 31.3. The third-order valence-corrected chi connectivity index (χ3v) is 6.32. The van der Waals surface area contributed by atoms with Crippen LogP contribution in [0.4, 0.5) is 5.82 Å². The maximum Gasteiger partial charge on any atom is 0.340 e. The van der Waals surface area contributed by atoms with E-state index in [1.165, 1.54) is 22.7 Å². The summed E-state index contributed by atoms with van der Waals surface area (Å²) >= 11 is 1.19. The molecule has 4 atom stereocenters. The molecule has 1 fully saturated rings. The van der Waals surface area contributed by atoms with Gasteiger partial charge in [-0.15, -0.1) is 0 Å². The van der Waals surface area contributed by atoms with Gasteiger partial charge in [0.1, 0.15) is 30.2 Å². The zero-order chi connectivity index (χ0) is 22.4. The summed E-state index contributed by atoms with van der Waals surface area (Å²) in [6, 6.07) is 8.95. The number of nitrogens with zero attached hydrogens (tertiary/aromatic N) is 4. The highest BCUT2D eigenvalue weighted by atomic mass is 32.2. The Balaban J connectivity index is 1.54. The number of thioether (sulfide) groups is 1. The first-order chi connectivity index (χ1) is 15.5. The zero-order valence-corrected chi connectivity index (χ0v) is 17.3. The number of anilines is 1. The Hall–Kier alpha value is -3.03. The number of hydrogen-bond acceptors (Lipinski definition) is 11. The predicted molar refractivity (Wildman–Crippen MR) is 115 cm³/mol. The Kier molecular flexibility index (Phi) is 5.31. The van der Waals surface area contributed by atoms with Crippen molar-refractivity contribution in [3.8, 4) is 0 Å². The van der Waals surface area contributed by atoms with Gasteiger partial charge in [-0.25, -0.2) is 19.7 Å². The van der Waals surface area contributed by atoms with E-state index in [1.807, 2.05) is 12.1 Å². The lowest BCUT2D eigenvalue weighted by Gasteiger charge is -2.19. The molecule has 5 rings (SSSR count). The second-order valence-corrected chi connectivity index (χ2v) is 8.25. The molecule has 1 aliphatic heterocycles. The molecule has 5 N–H and O–H groups in total. The summed E-state index contributed by atoms with van der Waals surface area (Å²) in [6.07, 6.45) is -3.43.